The fraction of sp³-hybridized carbons (Fsp3) is 0.0714. The van der Waals surface area contributed by atoms with Crippen LogP contribution in [0, 0.1) is 0 Å². The van der Waals surface area contributed by atoms with Crippen LogP contribution in [0.3, 0.4) is 0 Å². The lowest BCUT2D eigenvalue weighted by atomic mass is 10.2. The fourth-order valence-corrected chi connectivity index (χ4v) is 1.56. The predicted molar refractivity (Wildman–Crippen MR) is 66.2 cm³/mol. The summed E-state index contributed by atoms with van der Waals surface area (Å²) in [4.78, 5) is 27.7. The predicted octanol–water partition coefficient (Wildman–Crippen LogP) is 1.79. The molecule has 1 heterocycles. The van der Waals surface area contributed by atoms with Crippen molar-refractivity contribution in [2.24, 2.45) is 0 Å². The van der Waals surface area contributed by atoms with Gasteiger partial charge in [-0.2, -0.15) is 0 Å². The molecule has 0 unspecified atom stereocenters. The molecule has 0 aliphatic carbocycles. The van der Waals surface area contributed by atoms with Gasteiger partial charge in [-0.1, -0.05) is 30.3 Å². The minimum Gasteiger partial charge on any atom is -0.269 e. The molecule has 0 aliphatic rings. The molecule has 0 aliphatic heterocycles. The Morgan fingerprint density at radius 2 is 1.94 bits per heavy atom. The zero-order chi connectivity index (χ0) is 12.8. The molecule has 0 fully saturated rings. The summed E-state index contributed by atoms with van der Waals surface area (Å²) in [7, 11) is 0. The Bertz CT molecular complexity index is 526. The second kappa shape index (κ2) is 5.72. The number of pyridine rings is 1. The number of aromatic nitrogens is 1. The van der Waals surface area contributed by atoms with Crippen LogP contribution in [0.5, 0.6) is 0 Å². The number of amides is 2. The van der Waals surface area contributed by atoms with Crippen LogP contribution in [0.1, 0.15) is 15.9 Å². The zero-order valence-electron chi connectivity index (χ0n) is 9.61. The van der Waals surface area contributed by atoms with Gasteiger partial charge in [0.15, 0.2) is 0 Å². The summed E-state index contributed by atoms with van der Waals surface area (Å²) in [5.74, 6) is -0.401. The Hall–Kier alpha value is -2.49. The van der Waals surface area contributed by atoms with Crippen molar-refractivity contribution >= 4 is 12.3 Å². The quantitative estimate of drug-likeness (QED) is 0.764. The molecule has 4 heteroatoms. The average molecular weight is 239 g/mol. The van der Waals surface area contributed by atoms with Crippen LogP contribution < -0.4 is 0 Å². The highest BCUT2D eigenvalue weighted by Crippen LogP contribution is 2.07. The van der Waals surface area contributed by atoms with Gasteiger partial charge < -0.3 is 0 Å². The molecule has 1 aromatic heterocycles. The Kier molecular flexibility index (Phi) is 3.81. The number of imide groups is 1. The van der Waals surface area contributed by atoms with Crippen molar-refractivity contribution in [1.29, 1.82) is 0 Å². The molecule has 2 rings (SSSR count). The Labute approximate surface area is 105 Å². The second-order valence-electron chi connectivity index (χ2n) is 3.71. The van der Waals surface area contributed by atoms with Crippen LogP contribution in [0.15, 0.2) is 54.9 Å². The Morgan fingerprint density at radius 3 is 2.56 bits per heavy atom. The van der Waals surface area contributed by atoms with E-state index in [9.17, 15) is 9.59 Å². The lowest BCUT2D eigenvalue weighted by molar-refractivity contribution is 0.0836. The van der Waals surface area contributed by atoms with Gasteiger partial charge in [-0.25, -0.2) is 0 Å². The molecule has 89 valence electrons. The third-order valence-electron chi connectivity index (χ3n) is 2.45. The Balaban J connectivity index is 2.15. The molecule has 0 N–H and O–H groups in total. The van der Waals surface area contributed by atoms with Crippen molar-refractivity contribution < 1.29 is 9.59 Å². The minimum atomic E-state index is -0.401. The number of carbonyl (C=O) groups is 1. The summed E-state index contributed by atoms with van der Waals surface area (Å²) in [6.45, 7) is 0.206. The van der Waals surface area contributed by atoms with Crippen LogP contribution in [0.25, 0.3) is 0 Å². The van der Waals surface area contributed by atoms with Crippen molar-refractivity contribution in [3.63, 3.8) is 0 Å². The highest BCUT2D eigenvalue weighted by Gasteiger charge is 2.16. The molecule has 0 saturated carbocycles. The van der Waals surface area contributed by atoms with E-state index in [1.807, 2.05) is 30.3 Å². The number of nitrogens with zero attached hydrogens (tertiary/aromatic N) is 2. The van der Waals surface area contributed by atoms with E-state index in [0.29, 0.717) is 5.56 Å². The summed E-state index contributed by atoms with van der Waals surface area (Å²) in [5.41, 5.74) is 1.25. The normalized spacial score (nSPS) is 9.78. The smallest absolute Gasteiger partial charge is 0.269 e. The van der Waals surface area contributed by atoms with Crippen LogP contribution in [0.4, 0.5) is 0 Å². The molecular formula is C14H11N2O2. The Morgan fingerprint density at radius 1 is 1.17 bits per heavy atom. The van der Waals surface area contributed by atoms with Crippen LogP contribution in [0.2, 0.25) is 0 Å². The number of hydrogen-bond donors (Lipinski definition) is 0. The topological polar surface area (TPSA) is 50.3 Å². The van der Waals surface area contributed by atoms with Gasteiger partial charge in [0.05, 0.1) is 12.1 Å². The number of rotatable bonds is 4. The molecule has 0 bridgehead atoms. The standard InChI is InChI=1S/C14H11N2O2/c17-11-16(10-12-5-2-1-3-6-12)14(18)13-7-4-8-15-9-13/h1-9H,10H2. The summed E-state index contributed by atoms with van der Waals surface area (Å²) in [5, 5.41) is 0. The maximum absolute atomic E-state index is 12.0. The van der Waals surface area contributed by atoms with Crippen LogP contribution in [-0.2, 0) is 11.3 Å². The van der Waals surface area contributed by atoms with E-state index in [1.54, 1.807) is 24.7 Å². The highest BCUT2D eigenvalue weighted by atomic mass is 16.2. The van der Waals surface area contributed by atoms with Crippen molar-refractivity contribution in [1.82, 2.24) is 9.88 Å². The third-order valence-corrected chi connectivity index (χ3v) is 2.45. The maximum atomic E-state index is 12.0. The van der Waals surface area contributed by atoms with Crippen LogP contribution >= 0.6 is 0 Å². The number of hydrogen-bond acceptors (Lipinski definition) is 3. The van der Waals surface area contributed by atoms with Gasteiger partial charge in [-0.05, 0) is 17.7 Å². The number of carbonyl (C=O) groups excluding carboxylic acids is 2. The average Bonchev–Trinajstić information content (AvgIpc) is 2.46. The highest BCUT2D eigenvalue weighted by molar-refractivity contribution is 5.99. The number of benzene rings is 1. The van der Waals surface area contributed by atoms with Crippen LogP contribution in [-0.4, -0.2) is 22.2 Å². The molecule has 2 aromatic rings. The maximum Gasteiger partial charge on any atom is 0.319 e. The lowest BCUT2D eigenvalue weighted by Crippen LogP contribution is -2.29. The first kappa shape index (κ1) is 12.0. The van der Waals surface area contributed by atoms with Gasteiger partial charge in [-0.15, -0.1) is 0 Å². The fourth-order valence-electron chi connectivity index (χ4n) is 1.56. The van der Waals surface area contributed by atoms with Gasteiger partial charge in [0, 0.05) is 12.4 Å². The SMILES string of the molecule is O=[C]N(Cc1ccccc1)C(=O)c1cccnc1. The monoisotopic (exact) mass is 239 g/mol. The van der Waals surface area contributed by atoms with E-state index in [4.69, 9.17) is 0 Å². The van der Waals surface area contributed by atoms with Gasteiger partial charge in [0.2, 0.25) is 0 Å². The van der Waals surface area contributed by atoms with E-state index in [0.717, 1.165) is 10.5 Å². The molecule has 0 atom stereocenters. The largest absolute Gasteiger partial charge is 0.319 e. The van der Waals surface area contributed by atoms with E-state index in [2.05, 4.69) is 4.98 Å². The summed E-state index contributed by atoms with van der Waals surface area (Å²) in [6, 6.07) is 12.5. The molecular weight excluding hydrogens is 228 g/mol. The first-order valence-corrected chi connectivity index (χ1v) is 5.45. The summed E-state index contributed by atoms with van der Waals surface area (Å²) < 4.78 is 0. The molecule has 1 aromatic carbocycles. The first-order chi connectivity index (χ1) is 8.81. The van der Waals surface area contributed by atoms with Gasteiger partial charge in [0.25, 0.3) is 5.91 Å². The van der Waals surface area contributed by atoms with Gasteiger partial charge in [0.1, 0.15) is 0 Å². The molecule has 1 radical (unpaired) electrons. The van der Waals surface area contributed by atoms with Crippen molar-refractivity contribution in [3.05, 3.63) is 66.0 Å². The lowest BCUT2D eigenvalue weighted by Gasteiger charge is -2.14. The van der Waals surface area contributed by atoms with E-state index < -0.39 is 5.91 Å². The van der Waals surface area contributed by atoms with Gasteiger partial charge in [-0.3, -0.25) is 19.5 Å². The van der Waals surface area contributed by atoms with E-state index in [-0.39, 0.29) is 6.54 Å². The minimum absolute atomic E-state index is 0.206. The van der Waals surface area contributed by atoms with Crippen molar-refractivity contribution in [3.8, 4) is 0 Å². The summed E-state index contributed by atoms with van der Waals surface area (Å²) in [6.07, 6.45) is 4.66. The molecule has 0 spiro atoms. The van der Waals surface area contributed by atoms with E-state index in [1.165, 1.54) is 6.20 Å². The van der Waals surface area contributed by atoms with Crippen molar-refractivity contribution in [2.45, 2.75) is 6.54 Å². The first-order valence-electron chi connectivity index (χ1n) is 5.45. The molecule has 4 nitrogen and oxygen atoms in total. The van der Waals surface area contributed by atoms with E-state index >= 15 is 0 Å². The van der Waals surface area contributed by atoms with Gasteiger partial charge >= 0.3 is 6.41 Å². The molecule has 0 saturated heterocycles. The zero-order valence-corrected chi connectivity index (χ0v) is 9.61. The molecule has 2 amide bonds. The second-order valence-corrected chi connectivity index (χ2v) is 3.71. The summed E-state index contributed by atoms with van der Waals surface area (Å²) >= 11 is 0. The molecule has 18 heavy (non-hydrogen) atoms. The van der Waals surface area contributed by atoms with Crippen molar-refractivity contribution in [2.75, 3.05) is 0 Å². The third kappa shape index (κ3) is 2.79.